The van der Waals surface area contributed by atoms with Crippen LogP contribution >= 0.6 is 11.6 Å². The Bertz CT molecular complexity index is 832. The molecule has 22 heavy (non-hydrogen) atoms. The van der Waals surface area contributed by atoms with Crippen molar-refractivity contribution < 1.29 is 9.53 Å². The average molecular weight is 313 g/mol. The number of halogens is 1. The summed E-state index contributed by atoms with van der Waals surface area (Å²) in [7, 11) is 0. The number of ether oxygens (including phenoxy) is 1. The second-order valence-corrected chi connectivity index (χ2v) is 5.25. The zero-order valence-corrected chi connectivity index (χ0v) is 12.4. The van der Waals surface area contributed by atoms with E-state index in [4.69, 9.17) is 22.1 Å². The number of hydrogen-bond donors (Lipinski definition) is 1. The summed E-state index contributed by atoms with van der Waals surface area (Å²) >= 11 is 6.11. The van der Waals surface area contributed by atoms with Gasteiger partial charge in [0.15, 0.2) is 0 Å². The minimum atomic E-state index is -0.460. The van der Waals surface area contributed by atoms with Crippen LogP contribution in [0.1, 0.15) is 15.9 Å². The standard InChI is InChI=1S/C17H13ClN2O2/c18-13-8-12(15-2-1-7-20-16(15)9-13)10-22-14-5-3-11(4-6-14)17(19)21/h1-9H,10H2,(H2,19,21). The summed E-state index contributed by atoms with van der Waals surface area (Å²) < 4.78 is 5.75. The lowest BCUT2D eigenvalue weighted by Gasteiger charge is -2.10. The Morgan fingerprint density at radius 2 is 1.95 bits per heavy atom. The Kier molecular flexibility index (Phi) is 3.94. The molecule has 0 aliphatic heterocycles. The summed E-state index contributed by atoms with van der Waals surface area (Å²) in [6.45, 7) is 0.360. The van der Waals surface area contributed by atoms with E-state index in [0.717, 1.165) is 16.5 Å². The van der Waals surface area contributed by atoms with Crippen LogP contribution in [-0.4, -0.2) is 10.9 Å². The van der Waals surface area contributed by atoms with Crippen molar-refractivity contribution in [1.29, 1.82) is 0 Å². The second kappa shape index (κ2) is 6.03. The van der Waals surface area contributed by atoms with E-state index in [9.17, 15) is 4.79 Å². The number of carbonyl (C=O) groups is 1. The first-order chi connectivity index (χ1) is 10.6. The van der Waals surface area contributed by atoms with Gasteiger partial charge >= 0.3 is 0 Å². The van der Waals surface area contributed by atoms with Gasteiger partial charge in [-0.3, -0.25) is 9.78 Å². The maximum atomic E-state index is 11.0. The van der Waals surface area contributed by atoms with Crippen molar-refractivity contribution in [3.8, 4) is 5.75 Å². The Hall–Kier alpha value is -2.59. The summed E-state index contributed by atoms with van der Waals surface area (Å²) in [6, 6.07) is 14.2. The first-order valence-electron chi connectivity index (χ1n) is 6.69. The molecule has 5 heteroatoms. The molecular formula is C17H13ClN2O2. The molecule has 4 nitrogen and oxygen atoms in total. The molecule has 3 aromatic rings. The summed E-state index contributed by atoms with van der Waals surface area (Å²) in [5, 5.41) is 1.62. The first kappa shape index (κ1) is 14.4. The van der Waals surface area contributed by atoms with E-state index in [-0.39, 0.29) is 0 Å². The Morgan fingerprint density at radius 3 is 2.68 bits per heavy atom. The summed E-state index contributed by atoms with van der Waals surface area (Å²) in [5.41, 5.74) is 7.44. The molecule has 0 aliphatic rings. The molecule has 0 atom stereocenters. The van der Waals surface area contributed by atoms with Gasteiger partial charge in [0, 0.05) is 27.7 Å². The highest BCUT2D eigenvalue weighted by molar-refractivity contribution is 6.31. The van der Waals surface area contributed by atoms with Gasteiger partial charge in [-0.25, -0.2) is 0 Å². The Morgan fingerprint density at radius 1 is 1.18 bits per heavy atom. The van der Waals surface area contributed by atoms with Gasteiger partial charge in [-0.2, -0.15) is 0 Å². The van der Waals surface area contributed by atoms with Gasteiger partial charge in [0.2, 0.25) is 5.91 Å². The summed E-state index contributed by atoms with van der Waals surface area (Å²) in [4.78, 5) is 15.3. The number of fused-ring (bicyclic) bond motifs is 1. The number of nitrogens with two attached hydrogens (primary N) is 1. The van der Waals surface area contributed by atoms with Crippen LogP contribution in [0.25, 0.3) is 10.9 Å². The van der Waals surface area contributed by atoms with E-state index in [2.05, 4.69) is 4.98 Å². The summed E-state index contributed by atoms with van der Waals surface area (Å²) in [5.74, 6) is 0.195. The molecule has 3 rings (SSSR count). The van der Waals surface area contributed by atoms with E-state index >= 15 is 0 Å². The van der Waals surface area contributed by atoms with Crippen molar-refractivity contribution in [1.82, 2.24) is 4.98 Å². The quantitative estimate of drug-likeness (QED) is 0.801. The molecule has 1 aromatic heterocycles. The van der Waals surface area contributed by atoms with Crippen LogP contribution in [0.5, 0.6) is 5.75 Å². The number of carbonyl (C=O) groups excluding carboxylic acids is 1. The average Bonchev–Trinajstić information content (AvgIpc) is 2.52. The van der Waals surface area contributed by atoms with Crippen LogP contribution in [0.15, 0.2) is 54.7 Å². The molecule has 0 saturated carbocycles. The molecule has 0 radical (unpaired) electrons. The van der Waals surface area contributed by atoms with Crippen molar-refractivity contribution in [3.05, 3.63) is 70.9 Å². The maximum Gasteiger partial charge on any atom is 0.248 e. The van der Waals surface area contributed by atoms with Crippen LogP contribution < -0.4 is 10.5 Å². The lowest BCUT2D eigenvalue weighted by Crippen LogP contribution is -2.10. The number of benzene rings is 2. The largest absolute Gasteiger partial charge is 0.489 e. The van der Waals surface area contributed by atoms with Crippen molar-refractivity contribution >= 4 is 28.4 Å². The summed E-state index contributed by atoms with van der Waals surface area (Å²) in [6.07, 6.45) is 1.73. The first-order valence-corrected chi connectivity index (χ1v) is 7.07. The van der Waals surface area contributed by atoms with E-state index in [1.807, 2.05) is 24.3 Å². The lowest BCUT2D eigenvalue weighted by atomic mass is 10.1. The molecule has 2 N–H and O–H groups in total. The second-order valence-electron chi connectivity index (χ2n) is 4.81. The third kappa shape index (κ3) is 3.02. The maximum absolute atomic E-state index is 11.0. The van der Waals surface area contributed by atoms with Crippen LogP contribution in [0, 0.1) is 0 Å². The smallest absolute Gasteiger partial charge is 0.248 e. The molecule has 0 fully saturated rings. The van der Waals surface area contributed by atoms with Crippen molar-refractivity contribution in [2.24, 2.45) is 5.73 Å². The third-order valence-corrected chi connectivity index (χ3v) is 3.52. The van der Waals surface area contributed by atoms with E-state index in [1.165, 1.54) is 0 Å². The fourth-order valence-corrected chi connectivity index (χ4v) is 2.45. The molecule has 0 spiro atoms. The van der Waals surface area contributed by atoms with Crippen LogP contribution in [0.4, 0.5) is 0 Å². The predicted octanol–water partition coefficient (Wildman–Crippen LogP) is 3.57. The van der Waals surface area contributed by atoms with Crippen LogP contribution in [-0.2, 0) is 6.61 Å². The zero-order chi connectivity index (χ0) is 15.5. The minimum Gasteiger partial charge on any atom is -0.489 e. The monoisotopic (exact) mass is 312 g/mol. The number of nitrogens with zero attached hydrogens (tertiary/aromatic N) is 1. The molecule has 0 saturated heterocycles. The predicted molar refractivity (Wildman–Crippen MR) is 86.0 cm³/mol. The highest BCUT2D eigenvalue weighted by atomic mass is 35.5. The van der Waals surface area contributed by atoms with Gasteiger partial charge in [0.1, 0.15) is 12.4 Å². The molecule has 2 aromatic carbocycles. The van der Waals surface area contributed by atoms with Gasteiger partial charge < -0.3 is 10.5 Å². The highest BCUT2D eigenvalue weighted by Crippen LogP contribution is 2.24. The van der Waals surface area contributed by atoms with Crippen molar-refractivity contribution in [3.63, 3.8) is 0 Å². The fourth-order valence-electron chi connectivity index (χ4n) is 2.22. The van der Waals surface area contributed by atoms with E-state index < -0.39 is 5.91 Å². The molecule has 0 unspecified atom stereocenters. The number of pyridine rings is 1. The molecule has 110 valence electrons. The molecule has 1 amide bonds. The third-order valence-electron chi connectivity index (χ3n) is 3.30. The van der Waals surface area contributed by atoms with Crippen LogP contribution in [0.3, 0.4) is 0 Å². The molecule has 0 aliphatic carbocycles. The van der Waals surface area contributed by atoms with Crippen molar-refractivity contribution in [2.45, 2.75) is 6.61 Å². The number of amides is 1. The van der Waals surface area contributed by atoms with E-state index in [1.54, 1.807) is 30.5 Å². The SMILES string of the molecule is NC(=O)c1ccc(OCc2cc(Cl)cc3ncccc23)cc1. The van der Waals surface area contributed by atoms with Crippen LogP contribution in [0.2, 0.25) is 5.02 Å². The Balaban J connectivity index is 1.83. The normalized spacial score (nSPS) is 10.6. The van der Waals surface area contributed by atoms with Gasteiger partial charge in [0.25, 0.3) is 0 Å². The number of hydrogen-bond acceptors (Lipinski definition) is 3. The Labute approximate surface area is 132 Å². The zero-order valence-electron chi connectivity index (χ0n) is 11.6. The molecular weight excluding hydrogens is 300 g/mol. The number of primary amides is 1. The van der Waals surface area contributed by atoms with Gasteiger partial charge in [-0.1, -0.05) is 17.7 Å². The van der Waals surface area contributed by atoms with Crippen molar-refractivity contribution in [2.75, 3.05) is 0 Å². The minimum absolute atomic E-state index is 0.360. The lowest BCUT2D eigenvalue weighted by molar-refractivity contribution is 0.100. The van der Waals surface area contributed by atoms with Gasteiger partial charge in [-0.05, 0) is 42.5 Å². The van der Waals surface area contributed by atoms with Gasteiger partial charge in [0.05, 0.1) is 5.52 Å². The number of rotatable bonds is 4. The number of aromatic nitrogens is 1. The topological polar surface area (TPSA) is 65.2 Å². The molecule has 1 heterocycles. The molecule has 0 bridgehead atoms. The van der Waals surface area contributed by atoms with Gasteiger partial charge in [-0.15, -0.1) is 0 Å². The van der Waals surface area contributed by atoms with E-state index in [0.29, 0.717) is 22.9 Å². The highest BCUT2D eigenvalue weighted by Gasteiger charge is 2.06. The fraction of sp³-hybridized carbons (Fsp3) is 0.0588.